The van der Waals surface area contributed by atoms with Crippen LogP contribution in [0.5, 0.6) is 0 Å². The highest BCUT2D eigenvalue weighted by molar-refractivity contribution is 7.78. The van der Waals surface area contributed by atoms with Crippen molar-refractivity contribution in [3.63, 3.8) is 0 Å². The maximum atomic E-state index is 5.03. The van der Waals surface area contributed by atoms with Gasteiger partial charge in [-0.3, -0.25) is 5.10 Å². The van der Waals surface area contributed by atoms with Crippen molar-refractivity contribution in [2.75, 3.05) is 0 Å². The molecule has 0 radical (unpaired) electrons. The van der Waals surface area contributed by atoms with Crippen LogP contribution < -0.4 is 0 Å². The van der Waals surface area contributed by atoms with Crippen molar-refractivity contribution in [2.24, 2.45) is 0 Å². The quantitative estimate of drug-likeness (QED) is 0.324. The van der Waals surface area contributed by atoms with Crippen LogP contribution in [0.2, 0.25) is 0 Å². The Hall–Kier alpha value is -3.70. The third-order valence-corrected chi connectivity index (χ3v) is 5.16. The number of nitrogens with one attached hydrogen (secondary N) is 2. The predicted octanol–water partition coefficient (Wildman–Crippen LogP) is 4.13. The van der Waals surface area contributed by atoms with E-state index in [4.69, 9.17) is 12.2 Å². The Morgan fingerprint density at radius 2 is 1.87 bits per heavy atom. The van der Waals surface area contributed by atoms with Gasteiger partial charge in [0.25, 0.3) is 0 Å². The van der Waals surface area contributed by atoms with E-state index in [1.165, 1.54) is 0 Å². The molecule has 31 heavy (non-hydrogen) atoms. The van der Waals surface area contributed by atoms with E-state index in [0.29, 0.717) is 18.7 Å². The molecule has 2 heterocycles. The molecule has 0 amide bonds. The molecule has 1 atom stereocenters. The highest BCUT2D eigenvalue weighted by Gasteiger charge is 2.15. The molecule has 0 aliphatic heterocycles. The summed E-state index contributed by atoms with van der Waals surface area (Å²) >= 11 is 5.03. The summed E-state index contributed by atoms with van der Waals surface area (Å²) in [5.74, 6) is 8.33. The van der Waals surface area contributed by atoms with Crippen molar-refractivity contribution in [3.05, 3.63) is 65.7 Å². The summed E-state index contributed by atoms with van der Waals surface area (Å²) in [5, 5.41) is 23.6. The first kappa shape index (κ1) is 20.6. The number of hydrogen-bond donors (Lipinski definition) is 2. The largest absolute Gasteiger partial charge is 0.263 e. The van der Waals surface area contributed by atoms with Gasteiger partial charge < -0.3 is 0 Å². The maximum absolute atomic E-state index is 5.03. The van der Waals surface area contributed by atoms with Gasteiger partial charge in [0.05, 0.1) is 0 Å². The van der Waals surface area contributed by atoms with Crippen LogP contribution in [0.25, 0.3) is 22.5 Å². The van der Waals surface area contributed by atoms with Crippen LogP contribution >= 0.6 is 12.2 Å². The van der Waals surface area contributed by atoms with Crippen LogP contribution in [0.15, 0.2) is 48.5 Å². The van der Waals surface area contributed by atoms with E-state index < -0.39 is 0 Å². The van der Waals surface area contributed by atoms with Crippen LogP contribution in [0, 0.1) is 11.8 Å². The number of thiocarbonyl (C=S) groups is 1. The molecule has 7 nitrogen and oxygen atoms in total. The van der Waals surface area contributed by atoms with Crippen LogP contribution in [-0.4, -0.2) is 41.2 Å². The van der Waals surface area contributed by atoms with Gasteiger partial charge in [0.1, 0.15) is 5.82 Å². The highest BCUT2D eigenvalue weighted by atomic mass is 32.1. The molecule has 0 spiro atoms. The molecule has 8 heteroatoms. The zero-order valence-electron chi connectivity index (χ0n) is 17.0. The molecule has 0 aliphatic carbocycles. The van der Waals surface area contributed by atoms with Crippen molar-refractivity contribution in [1.29, 1.82) is 0 Å². The molecule has 4 aromatic rings. The lowest BCUT2D eigenvalue weighted by molar-refractivity contribution is 0.696. The van der Waals surface area contributed by atoms with Gasteiger partial charge in [0, 0.05) is 24.3 Å². The smallest absolute Gasteiger partial charge is 0.205 e. The van der Waals surface area contributed by atoms with Crippen LogP contribution in [0.3, 0.4) is 0 Å². The standard InChI is InChI=1S/C23H21N7S/c1-2-3-6-18(13-14-31)22-24-21(25-26-22)15-16-9-11-17(12-10-16)19-7-4-5-8-20(19)23-27-29-30-28-23/h4-5,7-12,14,18H,6,13,15H2,1H3,(H,24,25,26)(H,27,28,29,30). The summed E-state index contributed by atoms with van der Waals surface area (Å²) in [7, 11) is 0. The number of tetrazole rings is 1. The number of nitrogens with zero attached hydrogens (tertiary/aromatic N) is 5. The molecule has 0 bridgehead atoms. The second kappa shape index (κ2) is 9.87. The number of benzene rings is 2. The third kappa shape index (κ3) is 4.90. The van der Waals surface area contributed by atoms with Crippen molar-refractivity contribution < 1.29 is 0 Å². The fourth-order valence-corrected chi connectivity index (χ4v) is 3.63. The van der Waals surface area contributed by atoms with E-state index in [1.807, 2.05) is 25.1 Å². The van der Waals surface area contributed by atoms with E-state index in [0.717, 1.165) is 40.3 Å². The van der Waals surface area contributed by atoms with Crippen molar-refractivity contribution in [3.8, 4) is 34.4 Å². The van der Waals surface area contributed by atoms with Gasteiger partial charge in [-0.1, -0.05) is 60.7 Å². The van der Waals surface area contributed by atoms with Gasteiger partial charge in [0.15, 0.2) is 5.82 Å². The van der Waals surface area contributed by atoms with Crippen LogP contribution in [0.4, 0.5) is 0 Å². The lowest BCUT2D eigenvalue weighted by Gasteiger charge is -2.08. The topological polar surface area (TPSA) is 96.0 Å². The minimum atomic E-state index is 0.124. The first-order chi connectivity index (χ1) is 15.3. The molecule has 2 N–H and O–H groups in total. The van der Waals surface area contributed by atoms with Gasteiger partial charge in [-0.25, -0.2) is 4.98 Å². The summed E-state index contributed by atoms with van der Waals surface area (Å²) in [4.78, 5) is 4.68. The molecule has 154 valence electrons. The minimum Gasteiger partial charge on any atom is -0.263 e. The van der Waals surface area contributed by atoms with Gasteiger partial charge in [-0.15, -0.1) is 22.0 Å². The fraction of sp³-hybridized carbons (Fsp3) is 0.217. The molecule has 0 saturated heterocycles. The number of H-pyrrole nitrogens is 2. The molecule has 4 rings (SSSR count). The normalized spacial score (nSPS) is 11.5. The maximum Gasteiger partial charge on any atom is 0.205 e. The number of hydrogen-bond acceptors (Lipinski definition) is 6. The lowest BCUT2D eigenvalue weighted by atomic mass is 9.98. The molecular formula is C23H21N7S. The van der Waals surface area contributed by atoms with E-state index in [1.54, 1.807) is 5.37 Å². The first-order valence-corrected chi connectivity index (χ1v) is 10.4. The second-order valence-corrected chi connectivity index (χ2v) is 7.36. The van der Waals surface area contributed by atoms with Gasteiger partial charge >= 0.3 is 0 Å². The van der Waals surface area contributed by atoms with Gasteiger partial charge in [-0.05, 0) is 40.6 Å². The first-order valence-electron chi connectivity index (χ1n) is 9.95. The van der Waals surface area contributed by atoms with Crippen LogP contribution in [-0.2, 0) is 6.42 Å². The zero-order valence-corrected chi connectivity index (χ0v) is 17.9. The summed E-state index contributed by atoms with van der Waals surface area (Å²) < 4.78 is 0. The Morgan fingerprint density at radius 3 is 2.58 bits per heavy atom. The Balaban J connectivity index is 1.51. The van der Waals surface area contributed by atoms with Crippen molar-refractivity contribution in [2.45, 2.75) is 32.1 Å². The molecule has 0 fully saturated rings. The zero-order chi connectivity index (χ0) is 21.5. The molecule has 2 aromatic heterocycles. The third-order valence-electron chi connectivity index (χ3n) is 4.97. The van der Waals surface area contributed by atoms with Gasteiger partial charge in [0.2, 0.25) is 5.82 Å². The molecule has 2 aromatic carbocycles. The second-order valence-electron chi connectivity index (χ2n) is 7.03. The SMILES string of the molecule is CC#CCC(CC=S)c1n[nH]c(Cc2ccc(-c3ccccc3-c3nn[nH]n3)cc2)n1. The van der Waals surface area contributed by atoms with Gasteiger partial charge in [-0.2, -0.15) is 10.3 Å². The van der Waals surface area contributed by atoms with E-state index in [9.17, 15) is 0 Å². The van der Waals surface area contributed by atoms with Crippen LogP contribution in [0.1, 0.15) is 42.9 Å². The highest BCUT2D eigenvalue weighted by Crippen LogP contribution is 2.30. The number of aromatic nitrogens is 7. The van der Waals surface area contributed by atoms with Crippen molar-refractivity contribution >= 4 is 17.6 Å². The molecule has 0 aliphatic rings. The average molecular weight is 428 g/mol. The number of rotatable bonds is 8. The Bertz CT molecular complexity index is 1200. The summed E-state index contributed by atoms with van der Waals surface area (Å²) in [6.07, 6.45) is 2.11. The summed E-state index contributed by atoms with van der Waals surface area (Å²) in [6, 6.07) is 16.4. The van der Waals surface area contributed by atoms with E-state index in [2.05, 4.69) is 78.0 Å². The monoisotopic (exact) mass is 427 g/mol. The number of aromatic amines is 2. The summed E-state index contributed by atoms with van der Waals surface area (Å²) in [6.45, 7) is 1.84. The van der Waals surface area contributed by atoms with E-state index >= 15 is 0 Å². The Kier molecular flexibility index (Phi) is 6.55. The van der Waals surface area contributed by atoms with Crippen molar-refractivity contribution in [1.82, 2.24) is 35.8 Å². The lowest BCUT2D eigenvalue weighted by Crippen LogP contribution is -2.01. The Labute approximate surface area is 185 Å². The average Bonchev–Trinajstić information content (AvgIpc) is 3.50. The molecular weight excluding hydrogens is 406 g/mol. The fourth-order valence-electron chi connectivity index (χ4n) is 3.39. The van der Waals surface area contributed by atoms with E-state index in [-0.39, 0.29) is 5.92 Å². The Morgan fingerprint density at radius 1 is 1.06 bits per heavy atom. The summed E-state index contributed by atoms with van der Waals surface area (Å²) in [5.41, 5.74) is 4.21. The molecule has 0 saturated carbocycles. The predicted molar refractivity (Wildman–Crippen MR) is 123 cm³/mol. The minimum absolute atomic E-state index is 0.124. The molecule has 1 unspecified atom stereocenters.